The largest absolute Gasteiger partial charge is 0.388 e. The van der Waals surface area contributed by atoms with Crippen LogP contribution in [0.5, 0.6) is 0 Å². The quantitative estimate of drug-likeness (QED) is 0.773. The van der Waals surface area contributed by atoms with Crippen molar-refractivity contribution in [2.24, 2.45) is 0 Å². The van der Waals surface area contributed by atoms with Gasteiger partial charge in [0.15, 0.2) is 0 Å². The van der Waals surface area contributed by atoms with Crippen molar-refractivity contribution in [3.05, 3.63) is 34.9 Å². The Morgan fingerprint density at radius 2 is 2.06 bits per heavy atom. The fourth-order valence-electron chi connectivity index (χ4n) is 1.64. The number of nitrogens with one attached hydrogen (secondary N) is 1. The minimum Gasteiger partial charge on any atom is -0.388 e. The Morgan fingerprint density at radius 3 is 2.56 bits per heavy atom. The Morgan fingerprint density at radius 1 is 1.38 bits per heavy atom. The molecule has 0 atom stereocenters. The maximum atomic E-state index is 3.28. The van der Waals surface area contributed by atoms with E-state index in [0.717, 1.165) is 6.42 Å². The van der Waals surface area contributed by atoms with Crippen molar-refractivity contribution < 1.29 is 0 Å². The summed E-state index contributed by atoms with van der Waals surface area (Å²) < 4.78 is 0. The molecule has 0 bridgehead atoms. The topological polar surface area (TPSA) is 12.0 Å². The molecule has 0 saturated carbocycles. The van der Waals surface area contributed by atoms with Gasteiger partial charge < -0.3 is 5.32 Å². The molecule has 0 aliphatic rings. The lowest BCUT2D eigenvalue weighted by Crippen LogP contribution is -1.95. The van der Waals surface area contributed by atoms with Crippen LogP contribution in [0.4, 0.5) is 5.69 Å². The smallest absolute Gasteiger partial charge is 0.0414 e. The molecule has 0 heterocycles. The zero-order valence-electron chi connectivity index (χ0n) is 11.1. The average Bonchev–Trinajstić information content (AvgIpc) is 2.29. The third kappa shape index (κ3) is 3.13. The summed E-state index contributed by atoms with van der Waals surface area (Å²) in [7, 11) is 1.98. The maximum absolute atomic E-state index is 3.28. The van der Waals surface area contributed by atoms with Gasteiger partial charge in [0.2, 0.25) is 0 Å². The lowest BCUT2D eigenvalue weighted by molar-refractivity contribution is 0.867. The van der Waals surface area contributed by atoms with E-state index in [2.05, 4.69) is 57.3 Å². The summed E-state index contributed by atoms with van der Waals surface area (Å²) in [6.45, 7) is 8.81. The molecular formula is C15H23N. The minimum atomic E-state index is 0.581. The highest BCUT2D eigenvalue weighted by Gasteiger charge is 2.03. The van der Waals surface area contributed by atoms with Gasteiger partial charge in [0.05, 0.1) is 0 Å². The van der Waals surface area contributed by atoms with E-state index in [1.54, 1.807) is 0 Å². The van der Waals surface area contributed by atoms with Crippen molar-refractivity contribution >= 4 is 11.8 Å². The standard InChI is InChI=1S/C15H23N/c1-6-12(4)9-14-8-7-13(11(2)3)10-15(14)16-5/h7-11,16H,6H2,1-5H3/b12-9+. The lowest BCUT2D eigenvalue weighted by Gasteiger charge is -2.11. The van der Waals surface area contributed by atoms with Crippen LogP contribution in [0.1, 0.15) is 51.2 Å². The number of allylic oxidation sites excluding steroid dienone is 1. The molecule has 1 aromatic rings. The summed E-state index contributed by atoms with van der Waals surface area (Å²) in [6.07, 6.45) is 3.37. The average molecular weight is 217 g/mol. The van der Waals surface area contributed by atoms with Gasteiger partial charge in [0.1, 0.15) is 0 Å². The van der Waals surface area contributed by atoms with Crippen LogP contribution in [0.2, 0.25) is 0 Å². The first-order valence-electron chi connectivity index (χ1n) is 6.07. The highest BCUT2D eigenvalue weighted by atomic mass is 14.8. The third-order valence-electron chi connectivity index (χ3n) is 2.97. The minimum absolute atomic E-state index is 0.581. The second kappa shape index (κ2) is 5.74. The van der Waals surface area contributed by atoms with E-state index in [9.17, 15) is 0 Å². The summed E-state index contributed by atoms with van der Waals surface area (Å²) in [5, 5.41) is 3.28. The van der Waals surface area contributed by atoms with Crippen LogP contribution in [-0.2, 0) is 0 Å². The van der Waals surface area contributed by atoms with E-state index in [4.69, 9.17) is 0 Å². The van der Waals surface area contributed by atoms with E-state index < -0.39 is 0 Å². The Balaban J connectivity index is 3.12. The summed E-state index contributed by atoms with van der Waals surface area (Å²) in [5.41, 5.74) is 5.30. The molecule has 88 valence electrons. The second-order valence-corrected chi connectivity index (χ2v) is 4.60. The van der Waals surface area contributed by atoms with Gasteiger partial charge in [-0.3, -0.25) is 0 Å². The predicted molar refractivity (Wildman–Crippen MR) is 74.0 cm³/mol. The Hall–Kier alpha value is -1.24. The van der Waals surface area contributed by atoms with Gasteiger partial charge in [-0.25, -0.2) is 0 Å². The molecule has 0 spiro atoms. The van der Waals surface area contributed by atoms with Crippen LogP contribution in [-0.4, -0.2) is 7.05 Å². The Bertz CT molecular complexity index is 375. The monoisotopic (exact) mass is 217 g/mol. The first-order valence-corrected chi connectivity index (χ1v) is 6.07. The molecule has 0 amide bonds. The summed E-state index contributed by atoms with van der Waals surface area (Å²) >= 11 is 0. The second-order valence-electron chi connectivity index (χ2n) is 4.60. The van der Waals surface area contributed by atoms with E-state index >= 15 is 0 Å². The van der Waals surface area contributed by atoms with E-state index in [0.29, 0.717) is 5.92 Å². The van der Waals surface area contributed by atoms with Crippen molar-refractivity contribution in [2.75, 3.05) is 12.4 Å². The SMILES string of the molecule is CC/C(C)=C/c1ccc(C(C)C)cc1NC. The lowest BCUT2D eigenvalue weighted by atomic mass is 9.99. The number of hydrogen-bond donors (Lipinski definition) is 1. The first-order chi connectivity index (χ1) is 7.58. The van der Waals surface area contributed by atoms with Gasteiger partial charge in [-0.1, -0.05) is 44.6 Å². The van der Waals surface area contributed by atoms with Gasteiger partial charge >= 0.3 is 0 Å². The predicted octanol–water partition coefficient (Wildman–Crippen LogP) is 4.67. The van der Waals surface area contributed by atoms with E-state index in [1.807, 2.05) is 7.05 Å². The Labute approximate surface area is 99.6 Å². The number of anilines is 1. The van der Waals surface area contributed by atoms with Crippen LogP contribution >= 0.6 is 0 Å². The third-order valence-corrected chi connectivity index (χ3v) is 2.97. The number of hydrogen-bond acceptors (Lipinski definition) is 1. The fourth-order valence-corrected chi connectivity index (χ4v) is 1.64. The van der Waals surface area contributed by atoms with Crippen molar-refractivity contribution in [3.8, 4) is 0 Å². The summed E-state index contributed by atoms with van der Waals surface area (Å²) in [6, 6.07) is 6.68. The van der Waals surface area contributed by atoms with Crippen LogP contribution < -0.4 is 5.32 Å². The molecule has 1 N–H and O–H groups in total. The first kappa shape index (κ1) is 12.8. The molecular weight excluding hydrogens is 194 g/mol. The highest BCUT2D eigenvalue weighted by molar-refractivity contribution is 5.68. The highest BCUT2D eigenvalue weighted by Crippen LogP contribution is 2.24. The van der Waals surface area contributed by atoms with Gasteiger partial charge in [0.25, 0.3) is 0 Å². The Kier molecular flexibility index (Phi) is 4.60. The number of rotatable bonds is 4. The summed E-state index contributed by atoms with van der Waals surface area (Å²) in [5.74, 6) is 0.581. The molecule has 0 radical (unpaired) electrons. The molecule has 0 fully saturated rings. The van der Waals surface area contributed by atoms with Crippen LogP contribution in [0.3, 0.4) is 0 Å². The molecule has 16 heavy (non-hydrogen) atoms. The normalized spacial score (nSPS) is 12.0. The van der Waals surface area contributed by atoms with Crippen molar-refractivity contribution in [1.82, 2.24) is 0 Å². The van der Waals surface area contributed by atoms with Gasteiger partial charge in [-0.05, 0) is 36.5 Å². The molecule has 1 heteroatoms. The molecule has 0 saturated heterocycles. The molecule has 0 aliphatic carbocycles. The zero-order valence-corrected chi connectivity index (χ0v) is 11.1. The van der Waals surface area contributed by atoms with Gasteiger partial charge in [-0.2, -0.15) is 0 Å². The van der Waals surface area contributed by atoms with Crippen molar-refractivity contribution in [2.45, 2.75) is 40.0 Å². The van der Waals surface area contributed by atoms with Crippen LogP contribution in [0, 0.1) is 0 Å². The fraction of sp³-hybridized carbons (Fsp3) is 0.467. The van der Waals surface area contributed by atoms with Crippen LogP contribution in [0.15, 0.2) is 23.8 Å². The maximum Gasteiger partial charge on any atom is 0.0414 e. The van der Waals surface area contributed by atoms with Gasteiger partial charge in [-0.15, -0.1) is 0 Å². The molecule has 0 aromatic heterocycles. The summed E-state index contributed by atoms with van der Waals surface area (Å²) in [4.78, 5) is 0. The van der Waals surface area contributed by atoms with Crippen LogP contribution in [0.25, 0.3) is 6.08 Å². The van der Waals surface area contributed by atoms with Crippen molar-refractivity contribution in [1.29, 1.82) is 0 Å². The molecule has 1 aromatic carbocycles. The van der Waals surface area contributed by atoms with E-state index in [1.165, 1.54) is 22.4 Å². The van der Waals surface area contributed by atoms with Crippen molar-refractivity contribution in [3.63, 3.8) is 0 Å². The van der Waals surface area contributed by atoms with Gasteiger partial charge in [0, 0.05) is 12.7 Å². The number of benzene rings is 1. The van der Waals surface area contributed by atoms with E-state index in [-0.39, 0.29) is 0 Å². The molecule has 0 aliphatic heterocycles. The molecule has 0 unspecified atom stereocenters. The molecule has 1 rings (SSSR count). The molecule has 1 nitrogen and oxygen atoms in total. The zero-order chi connectivity index (χ0) is 12.1.